The first-order valence-corrected chi connectivity index (χ1v) is 10.2. The molecule has 8 heteroatoms. The third-order valence-electron chi connectivity index (χ3n) is 5.15. The van der Waals surface area contributed by atoms with Gasteiger partial charge >= 0.3 is 0 Å². The number of nitrogens with zero attached hydrogens (tertiary/aromatic N) is 1. The smallest absolute Gasteiger partial charge is 0.256 e. The highest BCUT2D eigenvalue weighted by atomic mass is 35.5. The third kappa shape index (κ3) is 4.07. The summed E-state index contributed by atoms with van der Waals surface area (Å²) in [6.07, 6.45) is 0.274. The van der Waals surface area contributed by atoms with Gasteiger partial charge in [0.1, 0.15) is 5.75 Å². The minimum atomic E-state index is -0.319. The van der Waals surface area contributed by atoms with E-state index < -0.39 is 0 Å². The average molecular weight is 432 g/mol. The lowest BCUT2D eigenvalue weighted by Crippen LogP contribution is -2.40. The zero-order valence-electron chi connectivity index (χ0n) is 17.8. The normalized spacial score (nSPS) is 13.4. The Kier molecular flexibility index (Phi) is 6.22. The van der Waals surface area contributed by atoms with Gasteiger partial charge in [0, 0.05) is 30.4 Å². The lowest BCUT2D eigenvalue weighted by atomic mass is 9.92. The van der Waals surface area contributed by atoms with Crippen LogP contribution < -0.4 is 15.6 Å². The fourth-order valence-electron chi connectivity index (χ4n) is 3.76. The van der Waals surface area contributed by atoms with E-state index in [9.17, 15) is 14.4 Å². The van der Waals surface area contributed by atoms with Crippen molar-refractivity contribution in [2.24, 2.45) is 0 Å². The Morgan fingerprint density at radius 1 is 1.30 bits per heavy atom. The average Bonchev–Trinajstić information content (AvgIpc) is 2.67. The lowest BCUT2D eigenvalue weighted by Gasteiger charge is -2.31. The summed E-state index contributed by atoms with van der Waals surface area (Å²) in [6, 6.07) is 3.47. The number of nitrogens with one attached hydrogen (secondary N) is 2. The number of carbonyl (C=O) groups excluding carboxylic acids is 2. The number of rotatable bonds is 5. The summed E-state index contributed by atoms with van der Waals surface area (Å²) in [5.74, 6) is -0.327. The van der Waals surface area contributed by atoms with Gasteiger partial charge in [-0.05, 0) is 57.4 Å². The molecular weight excluding hydrogens is 406 g/mol. The van der Waals surface area contributed by atoms with E-state index in [0.29, 0.717) is 35.4 Å². The summed E-state index contributed by atoms with van der Waals surface area (Å²) in [5, 5.41) is 2.80. The number of hydrogen-bond acceptors (Lipinski definition) is 4. The van der Waals surface area contributed by atoms with Gasteiger partial charge in [0.2, 0.25) is 0 Å². The molecule has 0 atom stereocenters. The van der Waals surface area contributed by atoms with E-state index in [1.807, 2.05) is 33.8 Å². The molecule has 160 valence electrons. The minimum absolute atomic E-state index is 0.167. The lowest BCUT2D eigenvalue weighted by molar-refractivity contribution is 0.0725. The number of aromatic nitrogens is 1. The van der Waals surface area contributed by atoms with Crippen LogP contribution >= 0.6 is 11.6 Å². The number of benzene rings is 1. The topological polar surface area (TPSA) is 91.5 Å². The molecule has 0 saturated heterocycles. The van der Waals surface area contributed by atoms with Crippen molar-refractivity contribution in [3.63, 3.8) is 0 Å². The van der Waals surface area contributed by atoms with E-state index in [2.05, 4.69) is 10.3 Å². The molecule has 7 nitrogen and oxygen atoms in total. The molecule has 3 rings (SSSR count). The largest absolute Gasteiger partial charge is 0.489 e. The zero-order chi connectivity index (χ0) is 22.2. The molecule has 1 aliphatic heterocycles. The number of pyridine rings is 1. The van der Waals surface area contributed by atoms with Gasteiger partial charge in [0.25, 0.3) is 17.4 Å². The molecule has 0 aliphatic carbocycles. The molecule has 30 heavy (non-hydrogen) atoms. The summed E-state index contributed by atoms with van der Waals surface area (Å²) in [6.45, 7) is 7.90. The Balaban J connectivity index is 2.07. The van der Waals surface area contributed by atoms with Crippen molar-refractivity contribution in [3.8, 4) is 5.75 Å². The number of ether oxygens (including phenoxy) is 1. The van der Waals surface area contributed by atoms with Crippen LogP contribution in [0.5, 0.6) is 5.75 Å². The van der Waals surface area contributed by atoms with Gasteiger partial charge in [-0.25, -0.2) is 0 Å². The summed E-state index contributed by atoms with van der Waals surface area (Å²) >= 11 is 6.57. The van der Waals surface area contributed by atoms with Crippen LogP contribution in [0.2, 0.25) is 5.02 Å². The first-order chi connectivity index (χ1) is 14.1. The first kappa shape index (κ1) is 21.9. The van der Waals surface area contributed by atoms with E-state index in [0.717, 1.165) is 11.3 Å². The van der Waals surface area contributed by atoms with Crippen LogP contribution in [-0.2, 0) is 13.0 Å². The maximum atomic E-state index is 13.4. The fraction of sp³-hybridized carbons (Fsp3) is 0.409. The molecule has 0 unspecified atom stereocenters. The molecule has 0 fully saturated rings. The van der Waals surface area contributed by atoms with E-state index in [1.54, 1.807) is 11.0 Å². The van der Waals surface area contributed by atoms with Crippen LogP contribution in [0.1, 0.15) is 56.9 Å². The molecule has 0 spiro atoms. The predicted molar refractivity (Wildman–Crippen MR) is 116 cm³/mol. The number of amides is 2. The molecule has 2 N–H and O–H groups in total. The van der Waals surface area contributed by atoms with E-state index in [4.69, 9.17) is 16.3 Å². The van der Waals surface area contributed by atoms with Gasteiger partial charge in [-0.3, -0.25) is 14.4 Å². The van der Waals surface area contributed by atoms with Gasteiger partial charge < -0.3 is 19.9 Å². The number of H-pyrrole nitrogens is 1. The number of aryl methyl sites for hydroxylation is 2. The van der Waals surface area contributed by atoms with Crippen LogP contribution in [0, 0.1) is 13.8 Å². The van der Waals surface area contributed by atoms with Crippen molar-refractivity contribution in [1.29, 1.82) is 0 Å². The number of aromatic amines is 1. The van der Waals surface area contributed by atoms with Gasteiger partial charge in [-0.1, -0.05) is 11.6 Å². The molecular formula is C22H26ClN3O4. The minimum Gasteiger partial charge on any atom is -0.489 e. The third-order valence-corrected chi connectivity index (χ3v) is 5.52. The second-order valence-corrected chi connectivity index (χ2v) is 8.13. The molecule has 1 aromatic heterocycles. The number of fused-ring (bicyclic) bond motifs is 1. The Hall–Kier alpha value is -2.80. The summed E-state index contributed by atoms with van der Waals surface area (Å²) in [7, 11) is 1.54. The first-order valence-electron chi connectivity index (χ1n) is 9.86. The van der Waals surface area contributed by atoms with Gasteiger partial charge in [-0.2, -0.15) is 0 Å². The summed E-state index contributed by atoms with van der Waals surface area (Å²) in [4.78, 5) is 42.6. The molecule has 2 amide bonds. The number of carbonyl (C=O) groups is 2. The van der Waals surface area contributed by atoms with Crippen molar-refractivity contribution in [2.45, 2.75) is 46.8 Å². The van der Waals surface area contributed by atoms with Crippen molar-refractivity contribution in [2.75, 3.05) is 13.6 Å². The Morgan fingerprint density at radius 2 is 2.00 bits per heavy atom. The van der Waals surface area contributed by atoms with Crippen molar-refractivity contribution >= 4 is 23.4 Å². The number of hydrogen-bond donors (Lipinski definition) is 2. The second kappa shape index (κ2) is 8.52. The predicted octanol–water partition coefficient (Wildman–Crippen LogP) is 2.99. The highest BCUT2D eigenvalue weighted by Gasteiger charge is 2.33. The van der Waals surface area contributed by atoms with Crippen LogP contribution in [0.25, 0.3) is 0 Å². The summed E-state index contributed by atoms with van der Waals surface area (Å²) < 4.78 is 5.76. The van der Waals surface area contributed by atoms with E-state index >= 15 is 0 Å². The van der Waals surface area contributed by atoms with Crippen molar-refractivity contribution in [1.82, 2.24) is 15.2 Å². The van der Waals surface area contributed by atoms with Gasteiger partial charge in [-0.15, -0.1) is 0 Å². The van der Waals surface area contributed by atoms with E-state index in [-0.39, 0.29) is 40.6 Å². The van der Waals surface area contributed by atoms with Crippen LogP contribution in [0.3, 0.4) is 0 Å². The highest BCUT2D eigenvalue weighted by molar-refractivity contribution is 6.36. The molecule has 0 saturated carbocycles. The van der Waals surface area contributed by atoms with Crippen LogP contribution in [0.15, 0.2) is 16.9 Å². The van der Waals surface area contributed by atoms with Gasteiger partial charge in [0.05, 0.1) is 23.2 Å². The zero-order valence-corrected chi connectivity index (χ0v) is 18.6. The second-order valence-electron chi connectivity index (χ2n) is 7.76. The molecule has 2 heterocycles. The maximum Gasteiger partial charge on any atom is 0.256 e. The molecule has 1 aliphatic rings. The molecule has 2 aromatic rings. The monoisotopic (exact) mass is 431 g/mol. The van der Waals surface area contributed by atoms with E-state index in [1.165, 1.54) is 7.05 Å². The van der Waals surface area contributed by atoms with Crippen LogP contribution in [0.4, 0.5) is 0 Å². The standard InChI is InChI=1S/C22H26ClN3O4/c1-11(2)30-17-9-15(20(27)24-5)14-6-7-26(22(29)18(14)19(17)23)10-16-12(3)8-13(4)25-21(16)28/h8-9,11H,6-7,10H2,1-5H3,(H,24,27)(H,25,28). The molecule has 0 bridgehead atoms. The van der Waals surface area contributed by atoms with Crippen molar-refractivity contribution < 1.29 is 14.3 Å². The number of halogens is 1. The molecule has 0 radical (unpaired) electrons. The Bertz CT molecular complexity index is 1080. The van der Waals surface area contributed by atoms with Gasteiger partial charge in [0.15, 0.2) is 0 Å². The Morgan fingerprint density at radius 3 is 2.60 bits per heavy atom. The quantitative estimate of drug-likeness (QED) is 0.761. The van der Waals surface area contributed by atoms with Crippen LogP contribution in [-0.4, -0.2) is 41.4 Å². The highest BCUT2D eigenvalue weighted by Crippen LogP contribution is 2.37. The fourth-order valence-corrected chi connectivity index (χ4v) is 4.05. The SMILES string of the molecule is CNC(=O)c1cc(OC(C)C)c(Cl)c2c1CCN(Cc1c(C)cc(C)[nH]c1=O)C2=O. The summed E-state index contributed by atoms with van der Waals surface area (Å²) in [5.41, 5.74) is 3.17. The Labute approximate surface area is 180 Å². The van der Waals surface area contributed by atoms with Crippen molar-refractivity contribution in [3.05, 3.63) is 61.0 Å². The maximum absolute atomic E-state index is 13.4. The molecule has 1 aromatic carbocycles.